The van der Waals surface area contributed by atoms with Crippen LogP contribution in [0.25, 0.3) is 0 Å². The molecule has 134 valence electrons. The van der Waals surface area contributed by atoms with Crippen LogP contribution >= 0.6 is 0 Å². The molecular formula is C18H22F2N4O. The zero-order chi connectivity index (χ0) is 18.1. The van der Waals surface area contributed by atoms with E-state index < -0.39 is 11.6 Å². The van der Waals surface area contributed by atoms with Crippen molar-refractivity contribution >= 4 is 5.96 Å². The molecule has 25 heavy (non-hydrogen) atoms. The molecule has 0 saturated heterocycles. The molecule has 0 unspecified atom stereocenters. The fraction of sp³-hybridized carbons (Fsp3) is 0.333. The Labute approximate surface area is 146 Å². The SMILES string of the molecule is CCCOc1ccc(CNC(=NC)NCc2cc(F)ccc2F)cn1. The first-order chi connectivity index (χ1) is 12.1. The van der Waals surface area contributed by atoms with Crippen molar-refractivity contribution < 1.29 is 13.5 Å². The molecule has 1 heterocycles. The minimum Gasteiger partial charge on any atom is -0.478 e. The Balaban J connectivity index is 1.84. The largest absolute Gasteiger partial charge is 0.478 e. The minimum absolute atomic E-state index is 0.130. The lowest BCUT2D eigenvalue weighted by Crippen LogP contribution is -2.36. The van der Waals surface area contributed by atoms with Gasteiger partial charge in [0, 0.05) is 38.0 Å². The molecular weight excluding hydrogens is 326 g/mol. The maximum Gasteiger partial charge on any atom is 0.213 e. The number of ether oxygens (including phenoxy) is 1. The normalized spacial score (nSPS) is 11.3. The van der Waals surface area contributed by atoms with E-state index in [9.17, 15) is 8.78 Å². The van der Waals surface area contributed by atoms with Gasteiger partial charge in [-0.05, 0) is 30.2 Å². The molecule has 1 aromatic heterocycles. The summed E-state index contributed by atoms with van der Waals surface area (Å²) in [5, 5.41) is 6.04. The lowest BCUT2D eigenvalue weighted by atomic mass is 10.2. The van der Waals surface area contributed by atoms with Gasteiger partial charge < -0.3 is 15.4 Å². The standard InChI is InChI=1S/C18H22F2N4O/c1-3-8-25-17-7-4-13(10-22-17)11-23-18(21-2)24-12-14-9-15(19)5-6-16(14)20/h4-7,9-10H,3,8,11-12H2,1-2H3,(H2,21,23,24). The Hall–Kier alpha value is -2.70. The Morgan fingerprint density at radius 1 is 1.16 bits per heavy atom. The number of aromatic nitrogens is 1. The third-order valence-electron chi connectivity index (χ3n) is 3.39. The van der Waals surface area contributed by atoms with Gasteiger partial charge in [0.05, 0.1) is 6.61 Å². The van der Waals surface area contributed by atoms with Gasteiger partial charge in [-0.2, -0.15) is 0 Å². The van der Waals surface area contributed by atoms with Gasteiger partial charge in [-0.3, -0.25) is 4.99 Å². The minimum atomic E-state index is -0.474. The summed E-state index contributed by atoms with van der Waals surface area (Å²) in [5.41, 5.74) is 1.19. The summed E-state index contributed by atoms with van der Waals surface area (Å²) in [6.07, 6.45) is 2.65. The van der Waals surface area contributed by atoms with Crippen LogP contribution in [0.1, 0.15) is 24.5 Å². The van der Waals surface area contributed by atoms with E-state index in [1.807, 2.05) is 19.1 Å². The summed E-state index contributed by atoms with van der Waals surface area (Å²) in [5.74, 6) is 0.137. The Bertz CT molecular complexity index is 705. The van der Waals surface area contributed by atoms with Crippen LogP contribution in [0.3, 0.4) is 0 Å². The first-order valence-corrected chi connectivity index (χ1v) is 8.08. The van der Waals surface area contributed by atoms with E-state index in [-0.39, 0.29) is 12.1 Å². The Kier molecular flexibility index (Phi) is 7.13. The highest BCUT2D eigenvalue weighted by molar-refractivity contribution is 5.79. The van der Waals surface area contributed by atoms with Crippen molar-refractivity contribution in [2.45, 2.75) is 26.4 Å². The highest BCUT2D eigenvalue weighted by Crippen LogP contribution is 2.09. The molecule has 0 radical (unpaired) electrons. The molecule has 2 N–H and O–H groups in total. The van der Waals surface area contributed by atoms with E-state index in [1.54, 1.807) is 13.2 Å². The van der Waals surface area contributed by atoms with Gasteiger partial charge in [0.15, 0.2) is 5.96 Å². The monoisotopic (exact) mass is 348 g/mol. The number of nitrogens with one attached hydrogen (secondary N) is 2. The van der Waals surface area contributed by atoms with Crippen molar-refractivity contribution in [3.8, 4) is 5.88 Å². The first-order valence-electron chi connectivity index (χ1n) is 8.08. The second-order valence-corrected chi connectivity index (χ2v) is 5.37. The maximum atomic E-state index is 13.6. The molecule has 2 aromatic rings. The highest BCUT2D eigenvalue weighted by atomic mass is 19.1. The lowest BCUT2D eigenvalue weighted by molar-refractivity contribution is 0.305. The zero-order valence-electron chi connectivity index (χ0n) is 14.4. The van der Waals surface area contributed by atoms with E-state index in [0.717, 1.165) is 30.2 Å². The average Bonchev–Trinajstić information content (AvgIpc) is 2.63. The van der Waals surface area contributed by atoms with Crippen LogP contribution in [0.15, 0.2) is 41.5 Å². The Morgan fingerprint density at radius 2 is 1.96 bits per heavy atom. The topological polar surface area (TPSA) is 58.5 Å². The number of halogens is 2. The van der Waals surface area contributed by atoms with Crippen molar-refractivity contribution in [3.05, 3.63) is 59.3 Å². The second kappa shape index (κ2) is 9.56. The summed E-state index contributed by atoms with van der Waals surface area (Å²) < 4.78 is 32.2. The van der Waals surface area contributed by atoms with Crippen LogP contribution in [-0.4, -0.2) is 24.6 Å². The van der Waals surface area contributed by atoms with Crippen molar-refractivity contribution in [2.24, 2.45) is 4.99 Å². The molecule has 0 aliphatic heterocycles. The summed E-state index contributed by atoms with van der Waals surface area (Å²) in [7, 11) is 1.61. The first kappa shape index (κ1) is 18.6. The highest BCUT2D eigenvalue weighted by Gasteiger charge is 2.05. The number of aliphatic imine (C=N–C) groups is 1. The van der Waals surface area contributed by atoms with Crippen LogP contribution in [-0.2, 0) is 13.1 Å². The molecule has 0 atom stereocenters. The molecule has 0 saturated carbocycles. The number of guanidine groups is 1. The summed E-state index contributed by atoms with van der Waals surface area (Å²) in [6, 6.07) is 7.08. The number of benzene rings is 1. The second-order valence-electron chi connectivity index (χ2n) is 5.37. The Morgan fingerprint density at radius 3 is 2.64 bits per heavy atom. The molecule has 2 rings (SSSR count). The van der Waals surface area contributed by atoms with Gasteiger partial charge in [-0.25, -0.2) is 13.8 Å². The van der Waals surface area contributed by atoms with E-state index in [1.165, 1.54) is 0 Å². The molecule has 1 aromatic carbocycles. The maximum absolute atomic E-state index is 13.6. The van der Waals surface area contributed by atoms with Gasteiger partial charge in [-0.15, -0.1) is 0 Å². The number of rotatable bonds is 7. The zero-order valence-corrected chi connectivity index (χ0v) is 14.4. The van der Waals surface area contributed by atoms with Gasteiger partial charge in [0.2, 0.25) is 5.88 Å². The smallest absolute Gasteiger partial charge is 0.213 e. The molecule has 0 bridgehead atoms. The van der Waals surface area contributed by atoms with Gasteiger partial charge in [-0.1, -0.05) is 13.0 Å². The van der Waals surface area contributed by atoms with E-state index >= 15 is 0 Å². The van der Waals surface area contributed by atoms with E-state index in [0.29, 0.717) is 25.0 Å². The van der Waals surface area contributed by atoms with Gasteiger partial charge >= 0.3 is 0 Å². The van der Waals surface area contributed by atoms with Crippen molar-refractivity contribution in [2.75, 3.05) is 13.7 Å². The van der Waals surface area contributed by atoms with Crippen LogP contribution in [0.2, 0.25) is 0 Å². The molecule has 0 fully saturated rings. The molecule has 0 aliphatic carbocycles. The summed E-state index contributed by atoms with van der Waals surface area (Å²) in [6.45, 7) is 3.29. The number of hydrogen-bond donors (Lipinski definition) is 2. The predicted molar refractivity (Wildman–Crippen MR) is 93.4 cm³/mol. The third kappa shape index (κ3) is 6.02. The van der Waals surface area contributed by atoms with Crippen LogP contribution in [0.5, 0.6) is 5.88 Å². The number of nitrogens with zero attached hydrogens (tertiary/aromatic N) is 2. The average molecular weight is 348 g/mol. The van der Waals surface area contributed by atoms with Crippen molar-refractivity contribution in [1.82, 2.24) is 15.6 Å². The molecule has 0 aliphatic rings. The van der Waals surface area contributed by atoms with Crippen molar-refractivity contribution in [3.63, 3.8) is 0 Å². The quantitative estimate of drug-likeness (QED) is 0.597. The lowest BCUT2D eigenvalue weighted by Gasteiger charge is -2.12. The molecule has 0 spiro atoms. The summed E-state index contributed by atoms with van der Waals surface area (Å²) in [4.78, 5) is 8.28. The molecule has 5 nitrogen and oxygen atoms in total. The summed E-state index contributed by atoms with van der Waals surface area (Å²) >= 11 is 0. The molecule has 7 heteroatoms. The van der Waals surface area contributed by atoms with Gasteiger partial charge in [0.25, 0.3) is 0 Å². The third-order valence-corrected chi connectivity index (χ3v) is 3.39. The molecule has 0 amide bonds. The fourth-order valence-electron chi connectivity index (χ4n) is 2.07. The van der Waals surface area contributed by atoms with E-state index in [4.69, 9.17) is 4.74 Å². The van der Waals surface area contributed by atoms with Crippen LogP contribution in [0.4, 0.5) is 8.78 Å². The number of hydrogen-bond acceptors (Lipinski definition) is 3. The predicted octanol–water partition coefficient (Wildman–Crippen LogP) is 3.01. The van der Waals surface area contributed by atoms with E-state index in [2.05, 4.69) is 20.6 Å². The van der Waals surface area contributed by atoms with Gasteiger partial charge in [0.1, 0.15) is 11.6 Å². The van der Waals surface area contributed by atoms with Crippen molar-refractivity contribution in [1.29, 1.82) is 0 Å². The number of pyridine rings is 1. The van der Waals surface area contributed by atoms with Crippen LogP contribution in [0, 0.1) is 11.6 Å². The fourth-order valence-corrected chi connectivity index (χ4v) is 2.07. The van der Waals surface area contributed by atoms with Crippen LogP contribution < -0.4 is 15.4 Å².